The quantitative estimate of drug-likeness (QED) is 0.907. The molecule has 1 aliphatic rings. The Morgan fingerprint density at radius 3 is 2.67 bits per heavy atom. The molecule has 0 radical (unpaired) electrons. The van der Waals surface area contributed by atoms with Crippen LogP contribution in [0, 0.1) is 5.82 Å². The van der Waals surface area contributed by atoms with Gasteiger partial charge in [-0.05, 0) is 30.5 Å². The van der Waals surface area contributed by atoms with E-state index in [1.807, 2.05) is 0 Å². The van der Waals surface area contributed by atoms with E-state index in [2.05, 4.69) is 0 Å². The van der Waals surface area contributed by atoms with E-state index in [-0.39, 0.29) is 10.6 Å². The highest BCUT2D eigenvalue weighted by Crippen LogP contribution is 2.26. The Kier molecular flexibility index (Phi) is 4.60. The van der Waals surface area contributed by atoms with Crippen molar-refractivity contribution < 1.29 is 9.13 Å². The van der Waals surface area contributed by atoms with Crippen molar-refractivity contribution >= 4 is 11.6 Å². The van der Waals surface area contributed by atoms with Crippen molar-refractivity contribution in [1.29, 1.82) is 0 Å². The summed E-state index contributed by atoms with van der Waals surface area (Å²) in [5.74, 6) is -0.405. The molecule has 1 aromatic carbocycles. The van der Waals surface area contributed by atoms with Crippen molar-refractivity contribution in [2.75, 3.05) is 6.61 Å². The zero-order chi connectivity index (χ0) is 13.0. The van der Waals surface area contributed by atoms with Gasteiger partial charge in [-0.1, -0.05) is 36.9 Å². The smallest absolute Gasteiger partial charge is 0.142 e. The van der Waals surface area contributed by atoms with Gasteiger partial charge in [0.25, 0.3) is 0 Å². The van der Waals surface area contributed by atoms with Gasteiger partial charge in [0, 0.05) is 5.54 Å². The summed E-state index contributed by atoms with van der Waals surface area (Å²) in [7, 11) is 0. The fraction of sp³-hybridized carbons (Fsp3) is 0.571. The van der Waals surface area contributed by atoms with Crippen molar-refractivity contribution in [2.24, 2.45) is 5.73 Å². The maximum absolute atomic E-state index is 13.2. The first-order chi connectivity index (χ1) is 8.59. The Balaban J connectivity index is 1.82. The van der Waals surface area contributed by atoms with Gasteiger partial charge in [-0.2, -0.15) is 0 Å². The average Bonchev–Trinajstić information content (AvgIpc) is 2.34. The maximum Gasteiger partial charge on any atom is 0.142 e. The number of rotatable bonds is 4. The molecular formula is C14H19ClFNO. The molecule has 0 aliphatic heterocycles. The van der Waals surface area contributed by atoms with Gasteiger partial charge >= 0.3 is 0 Å². The molecule has 1 aromatic rings. The van der Waals surface area contributed by atoms with E-state index in [0.29, 0.717) is 13.2 Å². The highest BCUT2D eigenvalue weighted by molar-refractivity contribution is 6.30. The largest absolute Gasteiger partial charge is 0.375 e. The summed E-state index contributed by atoms with van der Waals surface area (Å²) in [4.78, 5) is 0. The van der Waals surface area contributed by atoms with E-state index in [9.17, 15) is 4.39 Å². The summed E-state index contributed by atoms with van der Waals surface area (Å²) in [5.41, 5.74) is 6.85. The molecule has 100 valence electrons. The minimum Gasteiger partial charge on any atom is -0.375 e. The molecular weight excluding hydrogens is 253 g/mol. The van der Waals surface area contributed by atoms with Gasteiger partial charge in [-0.25, -0.2) is 4.39 Å². The number of halogens is 2. The van der Waals surface area contributed by atoms with Gasteiger partial charge in [0.1, 0.15) is 5.82 Å². The molecule has 0 bridgehead atoms. The molecule has 2 N–H and O–H groups in total. The fourth-order valence-corrected chi connectivity index (χ4v) is 2.52. The van der Waals surface area contributed by atoms with Crippen molar-refractivity contribution in [3.63, 3.8) is 0 Å². The topological polar surface area (TPSA) is 35.2 Å². The zero-order valence-corrected chi connectivity index (χ0v) is 11.2. The number of hydrogen-bond donors (Lipinski definition) is 1. The number of ether oxygens (including phenoxy) is 1. The van der Waals surface area contributed by atoms with Gasteiger partial charge in [0.15, 0.2) is 0 Å². The van der Waals surface area contributed by atoms with Crippen LogP contribution in [-0.4, -0.2) is 12.1 Å². The molecule has 0 aromatic heterocycles. The fourth-order valence-electron chi connectivity index (χ4n) is 2.40. The Labute approximate surface area is 112 Å². The summed E-state index contributed by atoms with van der Waals surface area (Å²) < 4.78 is 18.8. The van der Waals surface area contributed by atoms with Crippen molar-refractivity contribution in [2.45, 2.75) is 44.2 Å². The van der Waals surface area contributed by atoms with Crippen LogP contribution < -0.4 is 5.73 Å². The van der Waals surface area contributed by atoms with Gasteiger partial charge in [-0.3, -0.25) is 0 Å². The Bertz CT molecular complexity index is 405. The Morgan fingerprint density at radius 2 is 2.00 bits per heavy atom. The second kappa shape index (κ2) is 6.00. The minimum atomic E-state index is -0.405. The lowest BCUT2D eigenvalue weighted by Gasteiger charge is -2.33. The molecule has 2 nitrogen and oxygen atoms in total. The van der Waals surface area contributed by atoms with Crippen LogP contribution in [0.25, 0.3) is 0 Å². The van der Waals surface area contributed by atoms with Crippen molar-refractivity contribution in [3.05, 3.63) is 34.6 Å². The van der Waals surface area contributed by atoms with E-state index >= 15 is 0 Å². The van der Waals surface area contributed by atoms with Crippen molar-refractivity contribution in [3.8, 4) is 0 Å². The maximum atomic E-state index is 13.2. The standard InChI is InChI=1S/C14H19ClFNO/c15-12-5-4-11(8-13(12)16)9-18-10-14(17)6-2-1-3-7-14/h4-5,8H,1-3,6-7,9-10,17H2. The molecule has 0 unspecified atom stereocenters. The lowest BCUT2D eigenvalue weighted by Crippen LogP contribution is -2.46. The van der Waals surface area contributed by atoms with E-state index in [1.165, 1.54) is 25.3 Å². The van der Waals surface area contributed by atoms with Crippen LogP contribution in [0.15, 0.2) is 18.2 Å². The van der Waals surface area contributed by atoms with E-state index in [4.69, 9.17) is 22.1 Å². The monoisotopic (exact) mass is 271 g/mol. The van der Waals surface area contributed by atoms with E-state index in [1.54, 1.807) is 12.1 Å². The summed E-state index contributed by atoms with van der Waals surface area (Å²) in [6.07, 6.45) is 5.65. The molecule has 1 saturated carbocycles. The lowest BCUT2D eigenvalue weighted by atomic mass is 9.83. The normalized spacial score (nSPS) is 18.8. The van der Waals surface area contributed by atoms with Gasteiger partial charge in [0.05, 0.1) is 18.2 Å². The number of benzene rings is 1. The number of nitrogens with two attached hydrogens (primary N) is 1. The molecule has 0 spiro atoms. The molecule has 2 rings (SSSR count). The third-order valence-electron chi connectivity index (χ3n) is 3.49. The Hall–Kier alpha value is -0.640. The first kappa shape index (κ1) is 13.8. The summed E-state index contributed by atoms with van der Waals surface area (Å²) >= 11 is 5.62. The van der Waals surface area contributed by atoms with Crippen LogP contribution in [0.3, 0.4) is 0 Å². The summed E-state index contributed by atoms with van der Waals surface area (Å²) in [6, 6.07) is 4.73. The SMILES string of the molecule is NC1(COCc2ccc(Cl)c(F)c2)CCCCC1. The predicted molar refractivity (Wildman–Crippen MR) is 71.1 cm³/mol. The van der Waals surface area contributed by atoms with Gasteiger partial charge in [-0.15, -0.1) is 0 Å². The van der Waals surface area contributed by atoms with Crippen LogP contribution in [0.4, 0.5) is 4.39 Å². The Morgan fingerprint density at radius 1 is 1.28 bits per heavy atom. The molecule has 0 heterocycles. The molecule has 18 heavy (non-hydrogen) atoms. The molecule has 1 fully saturated rings. The van der Waals surface area contributed by atoms with Crippen LogP contribution in [0.5, 0.6) is 0 Å². The van der Waals surface area contributed by atoms with Gasteiger partial charge in [0.2, 0.25) is 0 Å². The van der Waals surface area contributed by atoms with Crippen molar-refractivity contribution in [1.82, 2.24) is 0 Å². The second-order valence-electron chi connectivity index (χ2n) is 5.16. The van der Waals surface area contributed by atoms with Gasteiger partial charge < -0.3 is 10.5 Å². The van der Waals surface area contributed by atoms with Crippen LogP contribution >= 0.6 is 11.6 Å². The first-order valence-corrected chi connectivity index (χ1v) is 6.77. The molecule has 0 saturated heterocycles. The third-order valence-corrected chi connectivity index (χ3v) is 3.80. The minimum absolute atomic E-state index is 0.140. The zero-order valence-electron chi connectivity index (χ0n) is 10.4. The van der Waals surface area contributed by atoms with E-state index < -0.39 is 5.82 Å². The van der Waals surface area contributed by atoms with Crippen LogP contribution in [0.2, 0.25) is 5.02 Å². The molecule has 4 heteroatoms. The predicted octanol–water partition coefficient (Wildman–Crippen LogP) is 3.66. The first-order valence-electron chi connectivity index (χ1n) is 6.40. The van der Waals surface area contributed by atoms with E-state index in [0.717, 1.165) is 18.4 Å². The molecule has 1 aliphatic carbocycles. The number of hydrogen-bond acceptors (Lipinski definition) is 2. The molecule has 0 atom stereocenters. The van der Waals surface area contributed by atoms with Crippen LogP contribution in [-0.2, 0) is 11.3 Å². The molecule has 0 amide bonds. The highest BCUT2D eigenvalue weighted by Gasteiger charge is 2.27. The summed E-state index contributed by atoms with van der Waals surface area (Å²) in [6.45, 7) is 0.921. The van der Waals surface area contributed by atoms with Crippen LogP contribution in [0.1, 0.15) is 37.7 Å². The average molecular weight is 272 g/mol. The lowest BCUT2D eigenvalue weighted by molar-refractivity contribution is 0.0573. The summed E-state index contributed by atoms with van der Waals surface area (Å²) in [5, 5.41) is 0.140. The highest BCUT2D eigenvalue weighted by atomic mass is 35.5. The second-order valence-corrected chi connectivity index (χ2v) is 5.57. The third kappa shape index (κ3) is 3.67.